The Labute approximate surface area is 84.1 Å². The second-order valence-electron chi connectivity index (χ2n) is 3.48. The Morgan fingerprint density at radius 1 is 1.50 bits per heavy atom. The van der Waals surface area contributed by atoms with Crippen LogP contribution < -0.4 is 0 Å². The second kappa shape index (κ2) is 4.27. The van der Waals surface area contributed by atoms with Gasteiger partial charge in [-0.2, -0.15) is 0 Å². The lowest BCUT2D eigenvalue weighted by Gasteiger charge is -2.29. The van der Waals surface area contributed by atoms with E-state index in [1.54, 1.807) is 0 Å². The third-order valence-electron chi connectivity index (χ3n) is 2.39. The highest BCUT2D eigenvalue weighted by Crippen LogP contribution is 2.19. The highest BCUT2D eigenvalue weighted by atomic mass is 32.2. The summed E-state index contributed by atoms with van der Waals surface area (Å²) in [5.74, 6) is -0.623. The van der Waals surface area contributed by atoms with Crippen LogP contribution in [0.1, 0.15) is 12.8 Å². The molecule has 5 nitrogen and oxygen atoms in total. The van der Waals surface area contributed by atoms with Crippen LogP contribution in [0.3, 0.4) is 0 Å². The first-order valence-electron chi connectivity index (χ1n) is 4.48. The summed E-state index contributed by atoms with van der Waals surface area (Å²) < 4.78 is 28.4. The minimum Gasteiger partial charge on any atom is -0.469 e. The Balaban J connectivity index is 2.65. The topological polar surface area (TPSA) is 63.7 Å². The molecule has 14 heavy (non-hydrogen) atoms. The summed E-state index contributed by atoms with van der Waals surface area (Å²) in [5.41, 5.74) is 0. The number of nitrogens with zero attached hydrogens (tertiary/aromatic N) is 1. The van der Waals surface area contributed by atoms with E-state index in [4.69, 9.17) is 0 Å². The van der Waals surface area contributed by atoms with Crippen molar-refractivity contribution in [2.45, 2.75) is 12.8 Å². The minimum absolute atomic E-state index is 0.255. The number of methoxy groups -OCH3 is 1. The predicted octanol–water partition coefficient (Wildman–Crippen LogP) is -0.169. The first kappa shape index (κ1) is 11.5. The van der Waals surface area contributed by atoms with E-state index >= 15 is 0 Å². The van der Waals surface area contributed by atoms with Crippen molar-refractivity contribution >= 4 is 16.0 Å². The summed E-state index contributed by atoms with van der Waals surface area (Å²) in [4.78, 5) is 11.2. The van der Waals surface area contributed by atoms with Gasteiger partial charge in [0.2, 0.25) is 10.0 Å². The van der Waals surface area contributed by atoms with E-state index in [2.05, 4.69) is 4.74 Å². The van der Waals surface area contributed by atoms with Crippen molar-refractivity contribution in [3.63, 3.8) is 0 Å². The zero-order valence-corrected chi connectivity index (χ0v) is 9.21. The van der Waals surface area contributed by atoms with Gasteiger partial charge in [0, 0.05) is 13.1 Å². The normalized spacial score (nSPS) is 24.6. The smallest absolute Gasteiger partial charge is 0.309 e. The van der Waals surface area contributed by atoms with Crippen molar-refractivity contribution < 1.29 is 17.9 Å². The molecule has 1 fully saturated rings. The molecule has 0 saturated carbocycles. The number of carbonyl (C=O) groups is 1. The molecule has 6 heteroatoms. The van der Waals surface area contributed by atoms with Crippen LogP contribution in [0.15, 0.2) is 0 Å². The fraction of sp³-hybridized carbons (Fsp3) is 0.875. The molecule has 1 saturated heterocycles. The fourth-order valence-corrected chi connectivity index (χ4v) is 2.51. The SMILES string of the molecule is COC(=O)C1CCCN(S(C)(=O)=O)C1. The molecule has 1 heterocycles. The maximum Gasteiger partial charge on any atom is 0.309 e. The molecule has 0 aromatic heterocycles. The molecule has 1 rings (SSSR count). The number of piperidine rings is 1. The Morgan fingerprint density at radius 3 is 2.64 bits per heavy atom. The summed E-state index contributed by atoms with van der Waals surface area (Å²) in [6, 6.07) is 0. The zero-order valence-electron chi connectivity index (χ0n) is 8.39. The Morgan fingerprint density at radius 2 is 2.14 bits per heavy atom. The molecule has 0 aromatic rings. The Kier molecular flexibility index (Phi) is 3.49. The molecule has 0 aromatic carbocycles. The van der Waals surface area contributed by atoms with Gasteiger partial charge in [-0.25, -0.2) is 12.7 Å². The van der Waals surface area contributed by atoms with Gasteiger partial charge in [-0.15, -0.1) is 0 Å². The number of rotatable bonds is 2. The van der Waals surface area contributed by atoms with Crippen molar-refractivity contribution in [3.05, 3.63) is 0 Å². The first-order chi connectivity index (χ1) is 6.45. The van der Waals surface area contributed by atoms with E-state index in [1.165, 1.54) is 11.4 Å². The third kappa shape index (κ3) is 2.68. The van der Waals surface area contributed by atoms with Crippen LogP contribution in [-0.2, 0) is 19.6 Å². The van der Waals surface area contributed by atoms with E-state index in [0.717, 1.165) is 6.26 Å². The van der Waals surface area contributed by atoms with Crippen LogP contribution in [-0.4, -0.2) is 45.1 Å². The molecule has 1 aliphatic rings. The second-order valence-corrected chi connectivity index (χ2v) is 5.47. The van der Waals surface area contributed by atoms with E-state index in [-0.39, 0.29) is 18.4 Å². The molecule has 1 aliphatic heterocycles. The van der Waals surface area contributed by atoms with Gasteiger partial charge in [-0.3, -0.25) is 4.79 Å². The molecule has 82 valence electrons. The Bertz CT molecular complexity index is 311. The lowest BCUT2D eigenvalue weighted by molar-refractivity contribution is -0.146. The first-order valence-corrected chi connectivity index (χ1v) is 6.33. The van der Waals surface area contributed by atoms with Gasteiger partial charge in [-0.1, -0.05) is 0 Å². The van der Waals surface area contributed by atoms with E-state index in [9.17, 15) is 13.2 Å². The monoisotopic (exact) mass is 221 g/mol. The molecule has 1 atom stereocenters. The summed E-state index contributed by atoms with van der Waals surface area (Å²) in [6.07, 6.45) is 2.58. The average molecular weight is 221 g/mol. The van der Waals surface area contributed by atoms with Crippen molar-refractivity contribution in [1.82, 2.24) is 4.31 Å². The molecular formula is C8H15NO4S. The number of hydrogen-bond donors (Lipinski definition) is 0. The number of esters is 1. The average Bonchev–Trinajstić information content (AvgIpc) is 2.15. The van der Waals surface area contributed by atoms with Gasteiger partial charge >= 0.3 is 5.97 Å². The standard InChI is InChI=1S/C8H15NO4S/c1-13-8(10)7-4-3-5-9(6-7)14(2,11)12/h7H,3-6H2,1-2H3. The summed E-state index contributed by atoms with van der Waals surface area (Å²) in [6.45, 7) is 0.762. The van der Waals surface area contributed by atoms with Gasteiger partial charge in [0.25, 0.3) is 0 Å². The van der Waals surface area contributed by atoms with Crippen LogP contribution >= 0.6 is 0 Å². The van der Waals surface area contributed by atoms with Crippen LogP contribution in [0, 0.1) is 5.92 Å². The largest absolute Gasteiger partial charge is 0.469 e. The molecule has 0 amide bonds. The number of carbonyl (C=O) groups excluding carboxylic acids is 1. The Hall–Kier alpha value is -0.620. The maximum absolute atomic E-state index is 11.2. The fourth-order valence-electron chi connectivity index (χ4n) is 1.60. The zero-order chi connectivity index (χ0) is 10.8. The number of sulfonamides is 1. The predicted molar refractivity (Wildman–Crippen MR) is 51.2 cm³/mol. The number of ether oxygens (including phenoxy) is 1. The molecule has 0 spiro atoms. The summed E-state index contributed by atoms with van der Waals surface area (Å²) >= 11 is 0. The minimum atomic E-state index is -3.17. The van der Waals surface area contributed by atoms with Gasteiger partial charge in [0.15, 0.2) is 0 Å². The van der Waals surface area contributed by atoms with Gasteiger partial charge in [0.05, 0.1) is 19.3 Å². The van der Waals surface area contributed by atoms with Gasteiger partial charge in [-0.05, 0) is 12.8 Å². The molecule has 0 N–H and O–H groups in total. The highest BCUT2D eigenvalue weighted by molar-refractivity contribution is 7.88. The third-order valence-corrected chi connectivity index (χ3v) is 3.66. The summed E-state index contributed by atoms with van der Waals surface area (Å²) in [7, 11) is -1.85. The maximum atomic E-state index is 11.2. The molecule has 0 radical (unpaired) electrons. The van der Waals surface area contributed by atoms with Crippen molar-refractivity contribution in [3.8, 4) is 0 Å². The molecule has 1 unspecified atom stereocenters. The molecule has 0 aliphatic carbocycles. The highest BCUT2D eigenvalue weighted by Gasteiger charge is 2.30. The lowest BCUT2D eigenvalue weighted by atomic mass is 10.0. The quantitative estimate of drug-likeness (QED) is 0.607. The van der Waals surface area contributed by atoms with Gasteiger partial charge in [0.1, 0.15) is 0 Å². The van der Waals surface area contributed by atoms with Crippen LogP contribution in [0.5, 0.6) is 0 Å². The summed E-state index contributed by atoms with van der Waals surface area (Å²) in [5, 5.41) is 0. The van der Waals surface area contributed by atoms with Crippen molar-refractivity contribution in [1.29, 1.82) is 0 Å². The molecule has 0 bridgehead atoms. The number of hydrogen-bond acceptors (Lipinski definition) is 4. The van der Waals surface area contributed by atoms with E-state index in [0.29, 0.717) is 19.4 Å². The lowest BCUT2D eigenvalue weighted by Crippen LogP contribution is -2.42. The van der Waals surface area contributed by atoms with Crippen LogP contribution in [0.2, 0.25) is 0 Å². The molecular weight excluding hydrogens is 206 g/mol. The van der Waals surface area contributed by atoms with E-state index in [1.807, 2.05) is 0 Å². The van der Waals surface area contributed by atoms with Gasteiger partial charge < -0.3 is 4.74 Å². The van der Waals surface area contributed by atoms with Crippen molar-refractivity contribution in [2.75, 3.05) is 26.5 Å². The van der Waals surface area contributed by atoms with E-state index < -0.39 is 10.0 Å². The van der Waals surface area contributed by atoms with Crippen LogP contribution in [0.4, 0.5) is 0 Å². The van der Waals surface area contributed by atoms with Crippen molar-refractivity contribution in [2.24, 2.45) is 5.92 Å². The van der Waals surface area contributed by atoms with Crippen LogP contribution in [0.25, 0.3) is 0 Å².